The van der Waals surface area contributed by atoms with Gasteiger partial charge in [0.1, 0.15) is 23.5 Å². The number of aromatic amines is 1. The third-order valence-electron chi connectivity index (χ3n) is 5.37. The predicted octanol–water partition coefficient (Wildman–Crippen LogP) is 3.75. The molecule has 1 fully saturated rings. The first-order valence-corrected chi connectivity index (χ1v) is 9.67. The maximum Gasteiger partial charge on any atom is 0.242 e. The van der Waals surface area contributed by atoms with Gasteiger partial charge in [0.25, 0.3) is 0 Å². The van der Waals surface area contributed by atoms with Gasteiger partial charge in [-0.05, 0) is 53.8 Å². The van der Waals surface area contributed by atoms with Gasteiger partial charge in [0.05, 0.1) is 11.2 Å². The molecule has 0 spiro atoms. The SMILES string of the molecule is CC(CC(=O)NC1CCNC1=O)c1c(-c2ccc(F)cc2)[nH]c2c(F)cc(F)cc12. The van der Waals surface area contributed by atoms with E-state index < -0.39 is 29.4 Å². The number of benzene rings is 2. The van der Waals surface area contributed by atoms with Crippen molar-refractivity contribution in [3.05, 3.63) is 59.4 Å². The van der Waals surface area contributed by atoms with Gasteiger partial charge in [-0.1, -0.05) is 6.92 Å². The van der Waals surface area contributed by atoms with Crippen LogP contribution in [0.3, 0.4) is 0 Å². The Morgan fingerprint density at radius 3 is 2.57 bits per heavy atom. The molecule has 2 heterocycles. The van der Waals surface area contributed by atoms with Gasteiger partial charge in [0.2, 0.25) is 11.8 Å². The Labute approximate surface area is 170 Å². The summed E-state index contributed by atoms with van der Waals surface area (Å²) in [5, 5.41) is 5.68. The highest BCUT2D eigenvalue weighted by atomic mass is 19.1. The number of H-pyrrole nitrogens is 1. The molecule has 0 saturated carbocycles. The van der Waals surface area contributed by atoms with E-state index in [2.05, 4.69) is 15.6 Å². The summed E-state index contributed by atoms with van der Waals surface area (Å²) < 4.78 is 41.7. The van der Waals surface area contributed by atoms with E-state index in [0.717, 1.165) is 6.07 Å². The molecule has 2 atom stereocenters. The van der Waals surface area contributed by atoms with Crippen LogP contribution in [0.15, 0.2) is 36.4 Å². The van der Waals surface area contributed by atoms with E-state index in [1.165, 1.54) is 30.3 Å². The number of rotatable bonds is 5. The fourth-order valence-electron chi connectivity index (χ4n) is 3.96. The molecule has 1 aliphatic rings. The summed E-state index contributed by atoms with van der Waals surface area (Å²) in [5.74, 6) is -2.88. The summed E-state index contributed by atoms with van der Waals surface area (Å²) in [4.78, 5) is 27.2. The number of carbonyl (C=O) groups excluding carboxylic acids is 2. The van der Waals surface area contributed by atoms with Gasteiger partial charge in [0, 0.05) is 24.4 Å². The summed E-state index contributed by atoms with van der Waals surface area (Å²) in [7, 11) is 0. The first kappa shape index (κ1) is 20.0. The monoisotopic (exact) mass is 415 g/mol. The van der Waals surface area contributed by atoms with Gasteiger partial charge in [-0.2, -0.15) is 0 Å². The molecule has 2 unspecified atom stereocenters. The molecule has 30 heavy (non-hydrogen) atoms. The summed E-state index contributed by atoms with van der Waals surface area (Å²) in [6.07, 6.45) is 0.534. The summed E-state index contributed by atoms with van der Waals surface area (Å²) in [6, 6.07) is 7.05. The van der Waals surface area contributed by atoms with E-state index >= 15 is 0 Å². The lowest BCUT2D eigenvalue weighted by molar-refractivity contribution is -0.127. The van der Waals surface area contributed by atoms with Gasteiger partial charge >= 0.3 is 0 Å². The first-order valence-electron chi connectivity index (χ1n) is 9.67. The molecule has 0 radical (unpaired) electrons. The van der Waals surface area contributed by atoms with Crippen LogP contribution in [0.4, 0.5) is 13.2 Å². The quantitative estimate of drug-likeness (QED) is 0.594. The minimum absolute atomic E-state index is 0.0169. The van der Waals surface area contributed by atoms with Crippen molar-refractivity contribution in [3.63, 3.8) is 0 Å². The first-order chi connectivity index (χ1) is 14.3. The van der Waals surface area contributed by atoms with Crippen LogP contribution in [0.1, 0.15) is 31.2 Å². The third kappa shape index (κ3) is 3.77. The van der Waals surface area contributed by atoms with Crippen molar-refractivity contribution in [3.8, 4) is 11.3 Å². The fraction of sp³-hybridized carbons (Fsp3) is 0.273. The maximum absolute atomic E-state index is 14.4. The Morgan fingerprint density at radius 2 is 1.90 bits per heavy atom. The van der Waals surface area contributed by atoms with E-state index in [4.69, 9.17) is 0 Å². The van der Waals surface area contributed by atoms with Crippen LogP contribution in [0, 0.1) is 17.5 Å². The number of aromatic nitrogens is 1. The fourth-order valence-corrected chi connectivity index (χ4v) is 3.96. The van der Waals surface area contributed by atoms with Gasteiger partial charge in [-0.25, -0.2) is 13.2 Å². The average Bonchev–Trinajstić information content (AvgIpc) is 3.26. The van der Waals surface area contributed by atoms with E-state index in [0.29, 0.717) is 35.2 Å². The molecule has 1 aromatic heterocycles. The van der Waals surface area contributed by atoms with Gasteiger partial charge in [-0.3, -0.25) is 9.59 Å². The van der Waals surface area contributed by atoms with Crippen LogP contribution in [-0.4, -0.2) is 29.4 Å². The second kappa shape index (κ2) is 7.85. The van der Waals surface area contributed by atoms with Crippen molar-refractivity contribution >= 4 is 22.7 Å². The van der Waals surface area contributed by atoms with Crippen LogP contribution >= 0.6 is 0 Å². The normalized spacial score (nSPS) is 17.2. The second-order valence-corrected chi connectivity index (χ2v) is 7.54. The molecule has 0 aliphatic carbocycles. The molecule has 0 bridgehead atoms. The predicted molar refractivity (Wildman–Crippen MR) is 106 cm³/mol. The van der Waals surface area contributed by atoms with Crippen molar-refractivity contribution in [2.75, 3.05) is 6.54 Å². The standard InChI is InChI=1S/C22H20F3N3O2/c1-11(8-18(29)27-17-6-7-26-22(17)30)19-15-9-14(24)10-16(25)21(15)28-20(19)12-2-4-13(23)5-3-12/h2-5,9-11,17,28H,6-8H2,1H3,(H,26,30)(H,27,29). The van der Waals surface area contributed by atoms with Gasteiger partial charge in [0.15, 0.2) is 0 Å². The zero-order chi connectivity index (χ0) is 21.4. The van der Waals surface area contributed by atoms with E-state index in [1.807, 2.05) is 0 Å². The number of fused-ring (bicyclic) bond motifs is 1. The van der Waals surface area contributed by atoms with Crippen molar-refractivity contribution in [2.45, 2.75) is 31.7 Å². The largest absolute Gasteiger partial charge is 0.354 e. The van der Waals surface area contributed by atoms with Crippen LogP contribution in [-0.2, 0) is 9.59 Å². The lowest BCUT2D eigenvalue weighted by atomic mass is 9.91. The molecule has 1 saturated heterocycles. The molecule has 8 heteroatoms. The minimum Gasteiger partial charge on any atom is -0.354 e. The minimum atomic E-state index is -0.751. The summed E-state index contributed by atoms with van der Waals surface area (Å²) in [5.41, 5.74) is 1.76. The number of nitrogens with one attached hydrogen (secondary N) is 3. The maximum atomic E-state index is 14.4. The topological polar surface area (TPSA) is 74.0 Å². The molecule has 156 valence electrons. The summed E-state index contributed by atoms with van der Waals surface area (Å²) in [6.45, 7) is 2.28. The molecule has 2 amide bonds. The third-order valence-corrected chi connectivity index (χ3v) is 5.37. The lowest BCUT2D eigenvalue weighted by Gasteiger charge is -2.16. The molecule has 3 aromatic rings. The Hall–Kier alpha value is -3.29. The van der Waals surface area contributed by atoms with Crippen LogP contribution in [0.2, 0.25) is 0 Å². The Morgan fingerprint density at radius 1 is 1.17 bits per heavy atom. The lowest BCUT2D eigenvalue weighted by Crippen LogP contribution is -2.40. The molecular formula is C22H20F3N3O2. The average molecular weight is 415 g/mol. The van der Waals surface area contributed by atoms with Gasteiger partial charge in [-0.15, -0.1) is 0 Å². The Balaban J connectivity index is 1.72. The highest BCUT2D eigenvalue weighted by Gasteiger charge is 2.28. The highest BCUT2D eigenvalue weighted by molar-refractivity contribution is 5.93. The highest BCUT2D eigenvalue weighted by Crippen LogP contribution is 2.38. The zero-order valence-corrected chi connectivity index (χ0v) is 16.2. The molecule has 4 rings (SSSR count). The number of hydrogen-bond donors (Lipinski definition) is 3. The molecular weight excluding hydrogens is 395 g/mol. The van der Waals surface area contributed by atoms with Crippen LogP contribution in [0.25, 0.3) is 22.2 Å². The Bertz CT molecular complexity index is 1120. The molecule has 5 nitrogen and oxygen atoms in total. The van der Waals surface area contributed by atoms with Crippen molar-refractivity contribution < 1.29 is 22.8 Å². The van der Waals surface area contributed by atoms with Crippen molar-refractivity contribution in [1.29, 1.82) is 0 Å². The number of halogens is 3. The van der Waals surface area contributed by atoms with E-state index in [-0.39, 0.29) is 23.8 Å². The van der Waals surface area contributed by atoms with E-state index in [9.17, 15) is 22.8 Å². The van der Waals surface area contributed by atoms with Crippen LogP contribution < -0.4 is 10.6 Å². The molecule has 3 N–H and O–H groups in total. The molecule has 2 aromatic carbocycles. The zero-order valence-electron chi connectivity index (χ0n) is 16.2. The van der Waals surface area contributed by atoms with Crippen LogP contribution in [0.5, 0.6) is 0 Å². The van der Waals surface area contributed by atoms with E-state index in [1.54, 1.807) is 6.92 Å². The smallest absolute Gasteiger partial charge is 0.242 e. The second-order valence-electron chi connectivity index (χ2n) is 7.54. The molecule has 1 aliphatic heterocycles. The number of amides is 2. The van der Waals surface area contributed by atoms with Crippen molar-refractivity contribution in [1.82, 2.24) is 15.6 Å². The number of hydrogen-bond acceptors (Lipinski definition) is 2. The number of carbonyl (C=O) groups is 2. The van der Waals surface area contributed by atoms with Gasteiger partial charge < -0.3 is 15.6 Å². The Kier molecular flexibility index (Phi) is 5.24. The summed E-state index contributed by atoms with van der Waals surface area (Å²) >= 11 is 0. The van der Waals surface area contributed by atoms with Crippen molar-refractivity contribution in [2.24, 2.45) is 0 Å².